The van der Waals surface area contributed by atoms with Crippen molar-refractivity contribution in [3.8, 4) is 5.75 Å². The Kier molecular flexibility index (Phi) is 5.67. The predicted octanol–water partition coefficient (Wildman–Crippen LogP) is 4.29. The van der Waals surface area contributed by atoms with Crippen LogP contribution < -0.4 is 4.74 Å². The monoisotopic (exact) mass is 268 g/mol. The molecular weight excluding hydrogens is 248 g/mol. The first-order valence-electron chi connectivity index (χ1n) is 6.33. The molecule has 0 aliphatic carbocycles. The van der Waals surface area contributed by atoms with Crippen molar-refractivity contribution in [1.29, 1.82) is 0 Å². The number of carbonyl (C=O) groups is 1. The fraction of sp³-hybridized carbons (Fsp3) is 0.533. The average Bonchev–Trinajstić information content (AvgIpc) is 2.30. The number of aryl methyl sites for hydroxylation is 2. The van der Waals surface area contributed by atoms with Crippen LogP contribution in [0.2, 0.25) is 0 Å². The molecule has 0 N–H and O–H groups in total. The Bertz CT molecular complexity index is 425. The zero-order valence-electron chi connectivity index (χ0n) is 11.5. The zero-order chi connectivity index (χ0) is 13.7. The van der Waals surface area contributed by atoms with E-state index in [-0.39, 0.29) is 11.9 Å². The van der Waals surface area contributed by atoms with E-state index in [2.05, 4.69) is 0 Å². The second kappa shape index (κ2) is 6.79. The van der Waals surface area contributed by atoms with Crippen LogP contribution in [0.15, 0.2) is 12.1 Å². The first-order valence-corrected chi connectivity index (χ1v) is 6.86. The maximum absolute atomic E-state index is 12.2. The summed E-state index contributed by atoms with van der Waals surface area (Å²) in [5.41, 5.74) is 2.69. The van der Waals surface area contributed by atoms with E-state index in [4.69, 9.17) is 16.3 Å². The van der Waals surface area contributed by atoms with E-state index in [1.165, 1.54) is 0 Å². The van der Waals surface area contributed by atoms with Crippen molar-refractivity contribution >= 4 is 17.4 Å². The number of ether oxygens (including phenoxy) is 1. The highest BCUT2D eigenvalue weighted by Crippen LogP contribution is 2.29. The van der Waals surface area contributed by atoms with Crippen LogP contribution in [0.1, 0.15) is 48.2 Å². The quantitative estimate of drug-likeness (QED) is 0.568. The van der Waals surface area contributed by atoms with E-state index >= 15 is 0 Å². The zero-order valence-corrected chi connectivity index (χ0v) is 12.3. The first kappa shape index (κ1) is 15.0. The van der Waals surface area contributed by atoms with Crippen molar-refractivity contribution in [2.24, 2.45) is 0 Å². The van der Waals surface area contributed by atoms with Gasteiger partial charge in [0, 0.05) is 12.3 Å². The molecule has 1 aromatic carbocycles. The summed E-state index contributed by atoms with van der Waals surface area (Å²) in [5.74, 6) is 1.36. The van der Waals surface area contributed by atoms with Gasteiger partial charge in [0.05, 0.1) is 11.7 Å². The SMILES string of the molecule is Cc1ccc(C)c(C(=O)CCCCl)c1OC(C)C. The van der Waals surface area contributed by atoms with E-state index in [0.29, 0.717) is 24.3 Å². The fourth-order valence-corrected chi connectivity index (χ4v) is 2.01. The fourth-order valence-electron chi connectivity index (χ4n) is 1.87. The summed E-state index contributed by atoms with van der Waals surface area (Å²) in [6, 6.07) is 3.96. The molecule has 18 heavy (non-hydrogen) atoms. The second-order valence-electron chi connectivity index (χ2n) is 4.79. The summed E-state index contributed by atoms with van der Waals surface area (Å²) in [4.78, 5) is 12.2. The standard InChI is InChI=1S/C15H21ClO2/c1-10(2)18-15-12(4)8-7-11(3)14(15)13(17)6-5-9-16/h7-8,10H,5-6,9H2,1-4H3. The summed E-state index contributed by atoms with van der Waals surface area (Å²) in [6.07, 6.45) is 1.24. The molecule has 0 heterocycles. The highest BCUT2D eigenvalue weighted by Gasteiger charge is 2.18. The molecule has 0 spiro atoms. The van der Waals surface area contributed by atoms with Crippen molar-refractivity contribution in [3.05, 3.63) is 28.8 Å². The predicted molar refractivity (Wildman–Crippen MR) is 76.0 cm³/mol. The van der Waals surface area contributed by atoms with E-state index in [9.17, 15) is 4.79 Å². The molecule has 100 valence electrons. The van der Waals surface area contributed by atoms with Crippen LogP contribution in [-0.2, 0) is 0 Å². The molecule has 0 unspecified atom stereocenters. The highest BCUT2D eigenvalue weighted by molar-refractivity contribution is 6.18. The summed E-state index contributed by atoms with van der Waals surface area (Å²) in [5, 5.41) is 0. The van der Waals surface area contributed by atoms with Crippen molar-refractivity contribution in [1.82, 2.24) is 0 Å². The molecule has 1 aromatic rings. The van der Waals surface area contributed by atoms with Crippen LogP contribution >= 0.6 is 11.6 Å². The Morgan fingerprint density at radius 1 is 1.28 bits per heavy atom. The molecule has 2 nitrogen and oxygen atoms in total. The maximum Gasteiger partial charge on any atom is 0.166 e. The largest absolute Gasteiger partial charge is 0.490 e. The van der Waals surface area contributed by atoms with Crippen LogP contribution in [0.3, 0.4) is 0 Å². The van der Waals surface area contributed by atoms with Gasteiger partial charge in [0.25, 0.3) is 0 Å². The van der Waals surface area contributed by atoms with E-state index in [1.807, 2.05) is 39.8 Å². The number of benzene rings is 1. The first-order chi connectivity index (χ1) is 8.47. The maximum atomic E-state index is 12.2. The molecular formula is C15H21ClO2. The molecule has 3 heteroatoms. The van der Waals surface area contributed by atoms with Gasteiger partial charge < -0.3 is 4.74 Å². The average molecular weight is 269 g/mol. The molecule has 0 amide bonds. The number of rotatable bonds is 6. The van der Waals surface area contributed by atoms with Gasteiger partial charge in [-0.2, -0.15) is 0 Å². The third-order valence-electron chi connectivity index (χ3n) is 2.73. The van der Waals surface area contributed by atoms with Crippen molar-refractivity contribution < 1.29 is 9.53 Å². The topological polar surface area (TPSA) is 26.3 Å². The Balaban J connectivity index is 3.14. The number of hydrogen-bond donors (Lipinski definition) is 0. The Hall–Kier alpha value is -1.02. The van der Waals surface area contributed by atoms with Gasteiger partial charge in [-0.1, -0.05) is 12.1 Å². The molecule has 0 radical (unpaired) electrons. The van der Waals surface area contributed by atoms with Crippen LogP contribution in [0.4, 0.5) is 0 Å². The van der Waals surface area contributed by atoms with Gasteiger partial charge in [-0.25, -0.2) is 0 Å². The number of Topliss-reactive ketones (excluding diaryl/α,β-unsaturated/α-hetero) is 1. The molecule has 0 saturated carbocycles. The van der Waals surface area contributed by atoms with Gasteiger partial charge in [-0.15, -0.1) is 11.6 Å². The number of alkyl halides is 1. The minimum absolute atomic E-state index is 0.0603. The minimum Gasteiger partial charge on any atom is -0.490 e. The lowest BCUT2D eigenvalue weighted by Gasteiger charge is -2.18. The third kappa shape index (κ3) is 3.74. The minimum atomic E-state index is 0.0603. The highest BCUT2D eigenvalue weighted by atomic mass is 35.5. The van der Waals surface area contributed by atoms with Crippen LogP contribution in [0, 0.1) is 13.8 Å². The molecule has 0 bridgehead atoms. The van der Waals surface area contributed by atoms with E-state index < -0.39 is 0 Å². The number of halogens is 1. The normalized spacial score (nSPS) is 10.8. The summed E-state index contributed by atoms with van der Waals surface area (Å²) in [6.45, 7) is 7.85. The van der Waals surface area contributed by atoms with Gasteiger partial charge in [-0.3, -0.25) is 4.79 Å². The molecule has 0 saturated heterocycles. The third-order valence-corrected chi connectivity index (χ3v) is 3.00. The molecule has 0 aromatic heterocycles. The lowest BCUT2D eigenvalue weighted by atomic mass is 9.97. The van der Waals surface area contributed by atoms with E-state index in [0.717, 1.165) is 16.9 Å². The Labute approximate surface area is 114 Å². The lowest BCUT2D eigenvalue weighted by molar-refractivity contribution is 0.0975. The van der Waals surface area contributed by atoms with Crippen molar-refractivity contribution in [3.63, 3.8) is 0 Å². The number of hydrogen-bond acceptors (Lipinski definition) is 2. The van der Waals surface area contributed by atoms with Crippen LogP contribution in [0.5, 0.6) is 5.75 Å². The van der Waals surface area contributed by atoms with Gasteiger partial charge >= 0.3 is 0 Å². The van der Waals surface area contributed by atoms with Gasteiger partial charge in [-0.05, 0) is 45.2 Å². The smallest absolute Gasteiger partial charge is 0.166 e. The second-order valence-corrected chi connectivity index (χ2v) is 5.16. The number of ketones is 1. The molecule has 0 aliphatic rings. The molecule has 0 atom stereocenters. The van der Waals surface area contributed by atoms with Gasteiger partial charge in [0.15, 0.2) is 5.78 Å². The van der Waals surface area contributed by atoms with Crippen molar-refractivity contribution in [2.45, 2.75) is 46.6 Å². The van der Waals surface area contributed by atoms with Crippen LogP contribution in [0.25, 0.3) is 0 Å². The van der Waals surface area contributed by atoms with Crippen LogP contribution in [-0.4, -0.2) is 17.8 Å². The summed E-state index contributed by atoms with van der Waals surface area (Å²) < 4.78 is 5.80. The Morgan fingerprint density at radius 2 is 1.89 bits per heavy atom. The Morgan fingerprint density at radius 3 is 2.44 bits per heavy atom. The summed E-state index contributed by atoms with van der Waals surface area (Å²) >= 11 is 5.64. The van der Waals surface area contributed by atoms with Gasteiger partial charge in [0.2, 0.25) is 0 Å². The lowest BCUT2D eigenvalue weighted by Crippen LogP contribution is -2.13. The number of carbonyl (C=O) groups excluding carboxylic acids is 1. The van der Waals surface area contributed by atoms with Gasteiger partial charge in [0.1, 0.15) is 5.75 Å². The molecule has 0 fully saturated rings. The summed E-state index contributed by atoms with van der Waals surface area (Å²) in [7, 11) is 0. The molecule has 1 rings (SSSR count). The van der Waals surface area contributed by atoms with Crippen molar-refractivity contribution in [2.75, 3.05) is 5.88 Å². The van der Waals surface area contributed by atoms with E-state index in [1.54, 1.807) is 0 Å². The molecule has 0 aliphatic heterocycles.